The van der Waals surface area contributed by atoms with Gasteiger partial charge in [-0.3, -0.25) is 14.4 Å². The second-order valence-electron chi connectivity index (χ2n) is 10.2. The zero-order valence-corrected chi connectivity index (χ0v) is 25.0. The second kappa shape index (κ2) is 13.6. The first-order valence-electron chi connectivity index (χ1n) is 13.6. The number of hydrogen-bond donors (Lipinski definition) is 2. The van der Waals surface area contributed by atoms with Crippen LogP contribution >= 0.6 is 11.6 Å². The number of nitrogens with zero attached hydrogens (tertiary/aromatic N) is 2. The summed E-state index contributed by atoms with van der Waals surface area (Å²) in [6, 6.07) is 9.19. The maximum atomic E-state index is 13.7. The molecule has 2 aromatic carbocycles. The average molecular weight is 599 g/mol. The molecule has 1 aromatic heterocycles. The van der Waals surface area contributed by atoms with Gasteiger partial charge >= 0.3 is 0 Å². The third-order valence-electron chi connectivity index (χ3n) is 6.84. The van der Waals surface area contributed by atoms with E-state index in [4.69, 9.17) is 30.2 Å². The smallest absolute Gasteiger partial charge is 0.258 e. The van der Waals surface area contributed by atoms with Crippen molar-refractivity contribution in [2.75, 3.05) is 33.9 Å². The Labute approximate surface area is 249 Å². The van der Waals surface area contributed by atoms with Crippen LogP contribution in [0, 0.1) is 12.8 Å². The first kappa shape index (κ1) is 30.7. The number of oxazole rings is 1. The lowest BCUT2D eigenvalue weighted by Crippen LogP contribution is -2.52. The van der Waals surface area contributed by atoms with Gasteiger partial charge in [0, 0.05) is 17.1 Å². The van der Waals surface area contributed by atoms with Gasteiger partial charge in [-0.05, 0) is 55.7 Å². The summed E-state index contributed by atoms with van der Waals surface area (Å²) < 4.78 is 22.8. The molecule has 11 nitrogen and oxygen atoms in total. The van der Waals surface area contributed by atoms with Crippen LogP contribution in [0.4, 0.5) is 0 Å². The van der Waals surface area contributed by atoms with Crippen molar-refractivity contribution in [2.24, 2.45) is 5.92 Å². The fourth-order valence-corrected chi connectivity index (χ4v) is 4.73. The number of carbonyl (C=O) groups is 3. The predicted octanol–water partition coefficient (Wildman–Crippen LogP) is 4.00. The highest BCUT2D eigenvalue weighted by molar-refractivity contribution is 6.31. The molecule has 0 saturated heterocycles. The van der Waals surface area contributed by atoms with Gasteiger partial charge in [-0.2, -0.15) is 0 Å². The first-order valence-corrected chi connectivity index (χ1v) is 14.0. The summed E-state index contributed by atoms with van der Waals surface area (Å²) >= 11 is 6.18. The minimum Gasteiger partial charge on any atom is -0.496 e. The van der Waals surface area contributed by atoms with Crippen LogP contribution in [0.15, 0.2) is 40.8 Å². The van der Waals surface area contributed by atoms with E-state index in [-0.39, 0.29) is 43.6 Å². The number of amides is 3. The van der Waals surface area contributed by atoms with E-state index in [2.05, 4.69) is 15.6 Å². The van der Waals surface area contributed by atoms with Gasteiger partial charge in [0.1, 0.15) is 23.2 Å². The Kier molecular flexibility index (Phi) is 9.95. The van der Waals surface area contributed by atoms with Crippen molar-refractivity contribution in [3.63, 3.8) is 0 Å². The van der Waals surface area contributed by atoms with Crippen LogP contribution < -0.4 is 24.8 Å². The predicted molar refractivity (Wildman–Crippen MR) is 156 cm³/mol. The Bertz CT molecular complexity index is 1460. The van der Waals surface area contributed by atoms with E-state index in [0.717, 1.165) is 0 Å². The van der Waals surface area contributed by atoms with Gasteiger partial charge in [0.05, 0.1) is 39.5 Å². The zero-order chi connectivity index (χ0) is 30.4. The molecule has 2 N–H and O–H groups in total. The fraction of sp³-hybridized carbons (Fsp3) is 0.400. The topological polar surface area (TPSA) is 132 Å². The summed E-state index contributed by atoms with van der Waals surface area (Å²) in [7, 11) is 2.99. The summed E-state index contributed by atoms with van der Waals surface area (Å²) in [5, 5.41) is 5.99. The molecule has 0 fully saturated rings. The molecule has 224 valence electrons. The van der Waals surface area contributed by atoms with Crippen molar-refractivity contribution >= 4 is 29.3 Å². The number of hydrogen-bond acceptors (Lipinski definition) is 8. The molecule has 1 atom stereocenters. The van der Waals surface area contributed by atoms with E-state index in [0.29, 0.717) is 51.6 Å². The van der Waals surface area contributed by atoms with E-state index in [1.807, 2.05) is 13.8 Å². The number of methoxy groups -OCH3 is 2. The number of rotatable bonds is 4. The van der Waals surface area contributed by atoms with Crippen molar-refractivity contribution < 1.29 is 33.0 Å². The molecule has 1 aliphatic rings. The Morgan fingerprint density at radius 1 is 1.12 bits per heavy atom. The molecule has 0 saturated carbocycles. The van der Waals surface area contributed by atoms with Crippen molar-refractivity contribution in [3.05, 3.63) is 58.4 Å². The Hall–Kier alpha value is -4.25. The highest BCUT2D eigenvalue weighted by Crippen LogP contribution is 2.33. The third-order valence-corrected chi connectivity index (χ3v) is 7.08. The number of fused-ring (bicyclic) bond motifs is 5. The summed E-state index contributed by atoms with van der Waals surface area (Å²) in [6.07, 6.45) is 0.381. The first-order chi connectivity index (χ1) is 20.1. The minimum absolute atomic E-state index is 0.103. The van der Waals surface area contributed by atoms with Gasteiger partial charge in [-0.1, -0.05) is 25.4 Å². The molecule has 4 bridgehead atoms. The van der Waals surface area contributed by atoms with Crippen LogP contribution in [0.3, 0.4) is 0 Å². The molecule has 3 aromatic rings. The molecule has 0 aliphatic carbocycles. The van der Waals surface area contributed by atoms with Crippen LogP contribution in [0.5, 0.6) is 17.2 Å². The molecule has 1 aliphatic heterocycles. The van der Waals surface area contributed by atoms with Crippen molar-refractivity contribution in [3.8, 4) is 28.7 Å². The van der Waals surface area contributed by atoms with Crippen LogP contribution in [0.25, 0.3) is 11.5 Å². The van der Waals surface area contributed by atoms with Gasteiger partial charge in [0.25, 0.3) is 5.91 Å². The quantitative estimate of drug-likeness (QED) is 0.461. The van der Waals surface area contributed by atoms with Crippen molar-refractivity contribution in [1.29, 1.82) is 0 Å². The van der Waals surface area contributed by atoms with E-state index in [1.54, 1.807) is 37.3 Å². The minimum atomic E-state index is -0.840. The number of nitrogens with one attached hydrogen (secondary N) is 2. The Balaban J connectivity index is 1.67. The summed E-state index contributed by atoms with van der Waals surface area (Å²) in [4.78, 5) is 46.0. The lowest BCUT2D eigenvalue weighted by Gasteiger charge is -2.26. The van der Waals surface area contributed by atoms with Gasteiger partial charge in [-0.25, -0.2) is 4.98 Å². The molecule has 0 unspecified atom stereocenters. The standard InChI is InChI=1S/C30H35ClN4O7/c1-17(2)27-28(37)32-15-22-18(3)42-29(33-22)19-7-9-24(40-5)25(13-19)41-12-6-11-35(16-26(36)34-27)30(38)21-14-20(31)8-10-23(21)39-4/h7-10,13-14,17,27H,6,11-12,15-16H2,1-5H3,(H,32,37)(H,34,36)/t27-/m0/s1. The van der Waals surface area contributed by atoms with Crippen LogP contribution in [0.1, 0.15) is 42.1 Å². The zero-order valence-electron chi connectivity index (χ0n) is 24.3. The average Bonchev–Trinajstić information content (AvgIpc) is 3.35. The molecule has 12 heteroatoms. The summed E-state index contributed by atoms with van der Waals surface area (Å²) in [5.41, 5.74) is 1.44. The van der Waals surface area contributed by atoms with E-state index in [1.165, 1.54) is 25.2 Å². The van der Waals surface area contributed by atoms with Crippen molar-refractivity contribution in [1.82, 2.24) is 20.5 Å². The van der Waals surface area contributed by atoms with Gasteiger partial charge in [-0.15, -0.1) is 0 Å². The third kappa shape index (κ3) is 7.14. The molecule has 4 rings (SSSR count). The monoisotopic (exact) mass is 598 g/mol. The van der Waals surface area contributed by atoms with Crippen LogP contribution in [-0.2, 0) is 16.1 Å². The van der Waals surface area contributed by atoms with Gasteiger partial charge in [0.2, 0.25) is 17.7 Å². The molecule has 2 heterocycles. The SMILES string of the molecule is COc1ccc2cc1OCCCN(C(=O)c1cc(Cl)ccc1OC)CC(=O)N[C@@H](C(C)C)C(=O)NCc1nc-2oc1C. The van der Waals surface area contributed by atoms with Gasteiger partial charge in [0.15, 0.2) is 11.5 Å². The lowest BCUT2D eigenvalue weighted by molar-refractivity contribution is -0.130. The molecular formula is C30H35ClN4O7. The van der Waals surface area contributed by atoms with E-state index < -0.39 is 17.9 Å². The molecule has 3 amide bonds. The van der Waals surface area contributed by atoms with E-state index in [9.17, 15) is 14.4 Å². The number of aryl methyl sites for hydroxylation is 1. The molecule has 0 radical (unpaired) electrons. The number of ether oxygens (including phenoxy) is 3. The number of carbonyl (C=O) groups excluding carboxylic acids is 3. The maximum Gasteiger partial charge on any atom is 0.258 e. The number of aromatic nitrogens is 1. The molecule has 0 spiro atoms. The maximum absolute atomic E-state index is 13.7. The van der Waals surface area contributed by atoms with Crippen LogP contribution in [0.2, 0.25) is 5.02 Å². The van der Waals surface area contributed by atoms with Crippen LogP contribution in [-0.4, -0.2) is 67.6 Å². The second-order valence-corrected chi connectivity index (χ2v) is 10.6. The number of benzene rings is 2. The normalized spacial score (nSPS) is 16.5. The summed E-state index contributed by atoms with van der Waals surface area (Å²) in [5.74, 6) is 0.685. The van der Waals surface area contributed by atoms with Crippen molar-refractivity contribution in [2.45, 2.75) is 39.8 Å². The Morgan fingerprint density at radius 3 is 2.57 bits per heavy atom. The van der Waals surface area contributed by atoms with E-state index >= 15 is 0 Å². The largest absolute Gasteiger partial charge is 0.496 e. The van der Waals surface area contributed by atoms with Gasteiger partial charge < -0.3 is 34.2 Å². The number of halogens is 1. The summed E-state index contributed by atoms with van der Waals surface area (Å²) in [6.45, 7) is 5.61. The Morgan fingerprint density at radius 2 is 1.86 bits per heavy atom. The fourth-order valence-electron chi connectivity index (χ4n) is 4.55. The highest BCUT2D eigenvalue weighted by atomic mass is 35.5. The lowest BCUT2D eigenvalue weighted by atomic mass is 10.0. The molecule has 42 heavy (non-hydrogen) atoms. The highest BCUT2D eigenvalue weighted by Gasteiger charge is 2.28. The molecular weight excluding hydrogens is 564 g/mol.